The van der Waals surface area contributed by atoms with Gasteiger partial charge in [-0.1, -0.05) is 0 Å². The van der Waals surface area contributed by atoms with Gasteiger partial charge < -0.3 is 14.6 Å². The Morgan fingerprint density at radius 2 is 2.18 bits per heavy atom. The number of hydrogen-bond acceptors (Lipinski definition) is 3. The number of carbonyl (C=O) groups is 1. The van der Waals surface area contributed by atoms with E-state index in [1.54, 1.807) is 13.8 Å². The molecule has 0 radical (unpaired) electrons. The van der Waals surface area contributed by atoms with Crippen molar-refractivity contribution in [1.29, 1.82) is 0 Å². The van der Waals surface area contributed by atoms with E-state index in [1.165, 1.54) is 0 Å². The summed E-state index contributed by atoms with van der Waals surface area (Å²) in [5, 5.41) is 8.44. The van der Waals surface area contributed by atoms with Crippen molar-refractivity contribution < 1.29 is 38.9 Å². The molecule has 11 heavy (non-hydrogen) atoms. The topological polar surface area (TPSA) is 55.8 Å². The van der Waals surface area contributed by atoms with Crippen LogP contribution < -0.4 is 0 Å². The molecule has 0 aromatic heterocycles. The van der Waals surface area contributed by atoms with E-state index < -0.39 is 17.9 Å². The van der Waals surface area contributed by atoms with Crippen LogP contribution in [-0.2, 0) is 33.7 Å². The largest absolute Gasteiger partial charge is 0.479 e. The van der Waals surface area contributed by atoms with Crippen LogP contribution in [0.1, 0.15) is 13.8 Å². The molecule has 1 heterocycles. The summed E-state index contributed by atoms with van der Waals surface area (Å²) in [5.74, 6) is -1.70. The minimum absolute atomic E-state index is 0. The molecule has 1 aliphatic rings. The molecule has 1 aliphatic heterocycles. The van der Waals surface area contributed by atoms with Crippen LogP contribution in [0.2, 0.25) is 0 Å². The second kappa shape index (κ2) is 3.61. The van der Waals surface area contributed by atoms with Gasteiger partial charge in [0.1, 0.15) is 0 Å². The molecule has 1 rings (SSSR count). The van der Waals surface area contributed by atoms with Crippen LogP contribution in [-0.4, -0.2) is 29.6 Å². The Morgan fingerprint density at radius 3 is 2.36 bits per heavy atom. The zero-order valence-electron chi connectivity index (χ0n) is 6.66. The minimum atomic E-state index is -0.967. The summed E-state index contributed by atoms with van der Waals surface area (Å²) >= 11 is 0. The van der Waals surface area contributed by atoms with Crippen molar-refractivity contribution in [3.05, 3.63) is 0 Å². The van der Waals surface area contributed by atoms with E-state index >= 15 is 0 Å². The Bertz CT molecular complexity index is 157. The first-order valence-electron chi connectivity index (χ1n) is 3.06. The van der Waals surface area contributed by atoms with Crippen molar-refractivity contribution in [1.82, 2.24) is 0 Å². The van der Waals surface area contributed by atoms with Crippen molar-refractivity contribution in [3.8, 4) is 0 Å². The van der Waals surface area contributed by atoms with Gasteiger partial charge in [0.05, 0.1) is 6.61 Å². The Balaban J connectivity index is 0.000001000. The maximum Gasteiger partial charge on any atom is 0.335 e. The van der Waals surface area contributed by atoms with Gasteiger partial charge in [-0.25, -0.2) is 4.79 Å². The predicted molar refractivity (Wildman–Crippen MR) is 32.5 cm³/mol. The van der Waals surface area contributed by atoms with Crippen LogP contribution in [0, 0.1) is 0 Å². The molecule has 0 spiro atoms. The quantitative estimate of drug-likeness (QED) is 0.631. The Labute approximate surface area is 77.6 Å². The summed E-state index contributed by atoms with van der Waals surface area (Å²) in [4.78, 5) is 10.3. The summed E-state index contributed by atoms with van der Waals surface area (Å²) in [6.45, 7) is 3.52. The molecule has 4 nitrogen and oxygen atoms in total. The van der Waals surface area contributed by atoms with Crippen LogP contribution in [0.4, 0.5) is 0 Å². The third-order valence-electron chi connectivity index (χ3n) is 1.28. The average molecular weight is 212 g/mol. The van der Waals surface area contributed by atoms with Crippen molar-refractivity contribution in [3.63, 3.8) is 0 Å². The van der Waals surface area contributed by atoms with Gasteiger partial charge in [-0.05, 0) is 13.8 Å². The average Bonchev–Trinajstić information content (AvgIpc) is 2.10. The number of carboxylic acids is 1. The molecule has 0 aliphatic carbocycles. The number of carboxylic acid groups (broad SMARTS) is 1. The summed E-state index contributed by atoms with van der Waals surface area (Å²) in [6, 6.07) is 0. The summed E-state index contributed by atoms with van der Waals surface area (Å²) in [7, 11) is 0. The molecule has 1 atom stereocenters. The number of ether oxygens (including phenoxy) is 2. The van der Waals surface area contributed by atoms with E-state index in [-0.39, 0.29) is 26.1 Å². The summed E-state index contributed by atoms with van der Waals surface area (Å²) < 4.78 is 10.00. The maximum atomic E-state index is 10.3. The molecule has 60 valence electrons. The molecule has 0 saturated carbocycles. The van der Waals surface area contributed by atoms with Gasteiger partial charge in [-0.3, -0.25) is 0 Å². The SMILES string of the molecule is CC1(C)OCC(C(=O)O)O1.[Zn]. The first-order chi connectivity index (χ1) is 4.51. The molecule has 0 bridgehead atoms. The fraction of sp³-hybridized carbons (Fsp3) is 0.833. The van der Waals surface area contributed by atoms with Crippen LogP contribution in [0.25, 0.3) is 0 Å². The molecular formula is C6H10O4Zn. The van der Waals surface area contributed by atoms with Gasteiger partial charge >= 0.3 is 5.97 Å². The van der Waals surface area contributed by atoms with Crippen molar-refractivity contribution in [2.75, 3.05) is 6.61 Å². The molecule has 1 saturated heterocycles. The molecule has 1 unspecified atom stereocenters. The van der Waals surface area contributed by atoms with E-state index in [0.29, 0.717) is 0 Å². The maximum absolute atomic E-state index is 10.3. The smallest absolute Gasteiger partial charge is 0.335 e. The summed E-state index contributed by atoms with van der Waals surface area (Å²) in [6.07, 6.45) is -0.796. The normalized spacial score (nSPS) is 27.6. The van der Waals surface area contributed by atoms with E-state index in [4.69, 9.17) is 14.6 Å². The van der Waals surface area contributed by atoms with Crippen LogP contribution in [0.3, 0.4) is 0 Å². The van der Waals surface area contributed by atoms with Crippen LogP contribution in [0.15, 0.2) is 0 Å². The molecule has 0 aromatic carbocycles. The minimum Gasteiger partial charge on any atom is -0.479 e. The van der Waals surface area contributed by atoms with Crippen LogP contribution in [0.5, 0.6) is 0 Å². The van der Waals surface area contributed by atoms with Gasteiger partial charge in [0.2, 0.25) is 0 Å². The molecule has 0 aromatic rings. The molecule has 1 fully saturated rings. The molecule has 0 amide bonds. The van der Waals surface area contributed by atoms with E-state index in [0.717, 1.165) is 0 Å². The zero-order valence-corrected chi connectivity index (χ0v) is 9.63. The number of rotatable bonds is 1. The monoisotopic (exact) mass is 210 g/mol. The fourth-order valence-corrected chi connectivity index (χ4v) is 0.809. The number of hydrogen-bond donors (Lipinski definition) is 1. The van der Waals surface area contributed by atoms with Gasteiger partial charge in [-0.15, -0.1) is 0 Å². The Hall–Kier alpha value is 0.0134. The Kier molecular flexibility index (Phi) is 3.61. The van der Waals surface area contributed by atoms with Gasteiger partial charge in [-0.2, -0.15) is 0 Å². The molecule has 1 N–H and O–H groups in total. The third kappa shape index (κ3) is 2.85. The van der Waals surface area contributed by atoms with Crippen molar-refractivity contribution in [2.24, 2.45) is 0 Å². The predicted octanol–water partition coefficient (Wildman–Crippen LogP) is 0.220. The fourth-order valence-electron chi connectivity index (χ4n) is 0.809. The zero-order chi connectivity index (χ0) is 7.78. The van der Waals surface area contributed by atoms with Crippen molar-refractivity contribution in [2.45, 2.75) is 25.7 Å². The van der Waals surface area contributed by atoms with E-state index in [9.17, 15) is 4.79 Å². The summed E-state index contributed by atoms with van der Waals surface area (Å²) in [5.41, 5.74) is 0. The van der Waals surface area contributed by atoms with Gasteiger partial charge in [0, 0.05) is 19.5 Å². The standard InChI is InChI=1S/C6H10O4.Zn/c1-6(2)9-3-4(10-6)5(7)8;/h4H,3H2,1-2H3,(H,7,8);. The Morgan fingerprint density at radius 1 is 1.64 bits per heavy atom. The van der Waals surface area contributed by atoms with Crippen LogP contribution >= 0.6 is 0 Å². The molecular weight excluding hydrogens is 201 g/mol. The molecule has 5 heteroatoms. The third-order valence-corrected chi connectivity index (χ3v) is 1.28. The second-order valence-corrected chi connectivity index (χ2v) is 2.66. The van der Waals surface area contributed by atoms with E-state index in [2.05, 4.69) is 0 Å². The van der Waals surface area contributed by atoms with Crippen molar-refractivity contribution >= 4 is 5.97 Å². The second-order valence-electron chi connectivity index (χ2n) is 2.66. The van der Waals surface area contributed by atoms with Gasteiger partial charge in [0.15, 0.2) is 11.9 Å². The first-order valence-corrected chi connectivity index (χ1v) is 3.06. The number of aliphatic carboxylic acids is 1. The van der Waals surface area contributed by atoms with E-state index in [1.807, 2.05) is 0 Å². The van der Waals surface area contributed by atoms with Gasteiger partial charge in [0.25, 0.3) is 0 Å². The first kappa shape index (κ1) is 11.0.